The number of rotatable bonds is 1. The van der Waals surface area contributed by atoms with Gasteiger partial charge in [-0.25, -0.2) is 4.63 Å². The summed E-state index contributed by atoms with van der Waals surface area (Å²) < 4.78 is 4.75. The van der Waals surface area contributed by atoms with E-state index in [1.165, 1.54) is 5.56 Å². The molecule has 4 aromatic rings. The Morgan fingerprint density at radius 1 is 0.900 bits per heavy atom. The van der Waals surface area contributed by atoms with E-state index in [9.17, 15) is 0 Å². The monoisotopic (exact) mass is 265 g/mol. The van der Waals surface area contributed by atoms with Crippen LogP contribution in [-0.4, -0.2) is 25.3 Å². The molecular weight excluding hydrogens is 254 g/mol. The molecule has 0 aliphatic rings. The first-order valence-electron chi connectivity index (χ1n) is 6.29. The summed E-state index contributed by atoms with van der Waals surface area (Å²) in [5.41, 5.74) is 6.12. The average molecular weight is 265 g/mol. The molecule has 0 fully saturated rings. The highest BCUT2D eigenvalue weighted by Gasteiger charge is 2.13. The maximum Gasteiger partial charge on any atom is 0.164 e. The SMILES string of the molecule is Cc1cccc(-n2nc3ccc4nonc4c3n2)c1C. The number of fused-ring (bicyclic) bond motifs is 3. The molecule has 0 spiro atoms. The van der Waals surface area contributed by atoms with Gasteiger partial charge in [0.05, 0.1) is 5.69 Å². The number of hydrogen-bond acceptors (Lipinski definition) is 5. The standard InChI is InChI=1S/C14H11N5O/c1-8-4-3-5-12(9(8)2)19-15-10-6-7-11-14(13(10)16-19)18-20-17-11/h3-7H,1-2H3. The van der Waals surface area contributed by atoms with Crippen LogP contribution in [0.25, 0.3) is 27.8 Å². The third-order valence-electron chi connectivity index (χ3n) is 3.57. The summed E-state index contributed by atoms with van der Waals surface area (Å²) in [6, 6.07) is 9.77. The van der Waals surface area contributed by atoms with Crippen LogP contribution in [0, 0.1) is 13.8 Å². The molecule has 0 aliphatic heterocycles. The lowest BCUT2D eigenvalue weighted by Crippen LogP contribution is -2.02. The molecule has 0 radical (unpaired) electrons. The number of hydrogen-bond donors (Lipinski definition) is 0. The molecule has 0 atom stereocenters. The fraction of sp³-hybridized carbons (Fsp3) is 0.143. The summed E-state index contributed by atoms with van der Waals surface area (Å²) in [5, 5.41) is 16.8. The van der Waals surface area contributed by atoms with Crippen molar-refractivity contribution in [1.29, 1.82) is 0 Å². The third kappa shape index (κ3) is 1.45. The number of benzene rings is 2. The molecule has 0 bridgehead atoms. The highest BCUT2D eigenvalue weighted by molar-refractivity contribution is 5.98. The van der Waals surface area contributed by atoms with Gasteiger partial charge in [-0.2, -0.15) is 4.80 Å². The Morgan fingerprint density at radius 3 is 2.65 bits per heavy atom. The normalized spacial score (nSPS) is 11.5. The molecular formula is C14H11N5O. The van der Waals surface area contributed by atoms with E-state index in [1.54, 1.807) is 4.80 Å². The van der Waals surface area contributed by atoms with E-state index in [0.717, 1.165) is 16.8 Å². The van der Waals surface area contributed by atoms with Crippen molar-refractivity contribution in [1.82, 2.24) is 25.3 Å². The molecule has 0 amide bonds. The molecule has 0 saturated carbocycles. The van der Waals surface area contributed by atoms with Crippen LogP contribution >= 0.6 is 0 Å². The molecule has 2 heterocycles. The first-order chi connectivity index (χ1) is 9.74. The van der Waals surface area contributed by atoms with Crippen LogP contribution in [0.4, 0.5) is 0 Å². The van der Waals surface area contributed by atoms with Gasteiger partial charge in [0.2, 0.25) is 0 Å². The summed E-state index contributed by atoms with van der Waals surface area (Å²) in [6.45, 7) is 4.13. The van der Waals surface area contributed by atoms with Gasteiger partial charge in [0.1, 0.15) is 16.6 Å². The van der Waals surface area contributed by atoms with Crippen molar-refractivity contribution in [2.24, 2.45) is 0 Å². The van der Waals surface area contributed by atoms with Crippen molar-refractivity contribution in [3.8, 4) is 5.69 Å². The molecule has 0 aliphatic carbocycles. The van der Waals surface area contributed by atoms with Gasteiger partial charge in [0, 0.05) is 0 Å². The summed E-state index contributed by atoms with van der Waals surface area (Å²) in [5.74, 6) is 0. The van der Waals surface area contributed by atoms with Crippen molar-refractivity contribution in [2.75, 3.05) is 0 Å². The van der Waals surface area contributed by atoms with Crippen LogP contribution in [0.2, 0.25) is 0 Å². The van der Waals surface area contributed by atoms with Gasteiger partial charge in [0.15, 0.2) is 5.52 Å². The Morgan fingerprint density at radius 2 is 1.75 bits per heavy atom. The number of aryl methyl sites for hydroxylation is 1. The first-order valence-corrected chi connectivity index (χ1v) is 6.29. The first kappa shape index (κ1) is 11.1. The fourth-order valence-electron chi connectivity index (χ4n) is 2.29. The van der Waals surface area contributed by atoms with Crippen molar-refractivity contribution < 1.29 is 4.63 Å². The third-order valence-corrected chi connectivity index (χ3v) is 3.57. The van der Waals surface area contributed by atoms with E-state index in [1.807, 2.05) is 24.3 Å². The fourth-order valence-corrected chi connectivity index (χ4v) is 2.29. The van der Waals surface area contributed by atoms with Crippen molar-refractivity contribution in [3.05, 3.63) is 41.5 Å². The Bertz CT molecular complexity index is 937. The van der Waals surface area contributed by atoms with Crippen LogP contribution in [0.5, 0.6) is 0 Å². The zero-order chi connectivity index (χ0) is 13.7. The minimum atomic E-state index is 0.638. The minimum absolute atomic E-state index is 0.638. The summed E-state index contributed by atoms with van der Waals surface area (Å²) in [4.78, 5) is 1.64. The summed E-state index contributed by atoms with van der Waals surface area (Å²) in [7, 11) is 0. The largest absolute Gasteiger partial charge is 0.243 e. The van der Waals surface area contributed by atoms with Gasteiger partial charge in [-0.05, 0) is 53.5 Å². The lowest BCUT2D eigenvalue weighted by Gasteiger charge is -2.06. The molecule has 0 unspecified atom stereocenters. The lowest BCUT2D eigenvalue weighted by molar-refractivity contribution is 0.315. The van der Waals surface area contributed by atoms with Crippen LogP contribution in [0.3, 0.4) is 0 Å². The molecule has 2 aromatic carbocycles. The Kier molecular flexibility index (Phi) is 2.14. The maximum absolute atomic E-state index is 4.75. The second-order valence-electron chi connectivity index (χ2n) is 4.77. The van der Waals surface area contributed by atoms with E-state index in [2.05, 4.69) is 40.4 Å². The van der Waals surface area contributed by atoms with Crippen molar-refractivity contribution >= 4 is 22.1 Å². The predicted octanol–water partition coefficient (Wildman–Crippen LogP) is 2.57. The molecule has 98 valence electrons. The van der Waals surface area contributed by atoms with Gasteiger partial charge in [-0.15, -0.1) is 10.2 Å². The molecule has 0 saturated heterocycles. The van der Waals surface area contributed by atoms with Gasteiger partial charge in [-0.3, -0.25) is 0 Å². The highest BCUT2D eigenvalue weighted by atomic mass is 16.6. The van der Waals surface area contributed by atoms with E-state index in [-0.39, 0.29) is 0 Å². The molecule has 6 nitrogen and oxygen atoms in total. The smallest absolute Gasteiger partial charge is 0.164 e. The second-order valence-corrected chi connectivity index (χ2v) is 4.77. The zero-order valence-electron chi connectivity index (χ0n) is 11.0. The van der Waals surface area contributed by atoms with Crippen molar-refractivity contribution in [3.63, 3.8) is 0 Å². The van der Waals surface area contributed by atoms with E-state index in [4.69, 9.17) is 4.63 Å². The Labute approximate surface area is 114 Å². The Hall–Kier alpha value is -2.76. The molecule has 2 aromatic heterocycles. The minimum Gasteiger partial charge on any atom is -0.243 e. The van der Waals surface area contributed by atoms with E-state index >= 15 is 0 Å². The molecule has 4 rings (SSSR count). The van der Waals surface area contributed by atoms with Crippen LogP contribution in [0.15, 0.2) is 35.0 Å². The topological polar surface area (TPSA) is 69.6 Å². The van der Waals surface area contributed by atoms with Crippen LogP contribution < -0.4 is 0 Å². The predicted molar refractivity (Wildman–Crippen MR) is 73.7 cm³/mol. The number of aromatic nitrogens is 5. The zero-order valence-corrected chi connectivity index (χ0v) is 11.0. The van der Waals surface area contributed by atoms with Crippen molar-refractivity contribution in [2.45, 2.75) is 13.8 Å². The molecule has 0 N–H and O–H groups in total. The number of nitrogens with zero attached hydrogens (tertiary/aromatic N) is 5. The van der Waals surface area contributed by atoms with Crippen LogP contribution in [-0.2, 0) is 0 Å². The van der Waals surface area contributed by atoms with E-state index in [0.29, 0.717) is 16.6 Å². The highest BCUT2D eigenvalue weighted by Crippen LogP contribution is 2.22. The van der Waals surface area contributed by atoms with Gasteiger partial charge >= 0.3 is 0 Å². The average Bonchev–Trinajstić information content (AvgIpc) is 3.06. The van der Waals surface area contributed by atoms with Gasteiger partial charge < -0.3 is 0 Å². The van der Waals surface area contributed by atoms with E-state index < -0.39 is 0 Å². The second kappa shape index (κ2) is 3.86. The quantitative estimate of drug-likeness (QED) is 0.529. The Balaban J connectivity index is 2.03. The molecule has 20 heavy (non-hydrogen) atoms. The maximum atomic E-state index is 4.75. The van der Waals surface area contributed by atoms with Gasteiger partial charge in [0.25, 0.3) is 0 Å². The lowest BCUT2D eigenvalue weighted by atomic mass is 10.1. The molecule has 6 heteroatoms. The van der Waals surface area contributed by atoms with Gasteiger partial charge in [-0.1, -0.05) is 12.1 Å². The summed E-state index contributed by atoms with van der Waals surface area (Å²) >= 11 is 0. The van der Waals surface area contributed by atoms with Crippen LogP contribution in [0.1, 0.15) is 11.1 Å². The summed E-state index contributed by atoms with van der Waals surface area (Å²) in [6.07, 6.45) is 0.